The Labute approximate surface area is 222 Å². The maximum Gasteiger partial charge on any atom is 0.338 e. The molecule has 1 amide bonds. The molecular formula is C28H34ClFN2O5. The van der Waals surface area contributed by atoms with Gasteiger partial charge in [0.15, 0.2) is 6.10 Å². The molecule has 2 saturated heterocycles. The Morgan fingerprint density at radius 2 is 1.86 bits per heavy atom. The van der Waals surface area contributed by atoms with Gasteiger partial charge in [0.1, 0.15) is 11.6 Å². The Kier molecular flexibility index (Phi) is 8.60. The smallest absolute Gasteiger partial charge is 0.338 e. The summed E-state index contributed by atoms with van der Waals surface area (Å²) >= 11 is 5.88. The molecular weight excluding hydrogens is 501 g/mol. The number of benzene rings is 2. The van der Waals surface area contributed by atoms with E-state index in [1.54, 1.807) is 30.9 Å². The molecule has 0 unspecified atom stereocenters. The molecule has 9 heteroatoms. The number of halogens is 2. The zero-order chi connectivity index (χ0) is 26.6. The van der Waals surface area contributed by atoms with E-state index in [9.17, 15) is 14.0 Å². The molecule has 0 N–H and O–H groups in total. The van der Waals surface area contributed by atoms with Gasteiger partial charge in [-0.1, -0.05) is 23.7 Å². The normalized spacial score (nSPS) is 20.0. The van der Waals surface area contributed by atoms with Crippen molar-refractivity contribution in [3.63, 3.8) is 0 Å². The molecule has 7 nitrogen and oxygen atoms in total. The minimum atomic E-state index is -1.07. The highest BCUT2D eigenvalue weighted by Crippen LogP contribution is 2.32. The van der Waals surface area contributed by atoms with Crippen molar-refractivity contribution in [1.29, 1.82) is 0 Å². The third-order valence-electron chi connectivity index (χ3n) is 6.73. The Bertz CT molecular complexity index is 1100. The van der Waals surface area contributed by atoms with Crippen molar-refractivity contribution in [1.82, 2.24) is 4.90 Å². The van der Waals surface area contributed by atoms with Crippen molar-refractivity contribution in [3.05, 3.63) is 58.9 Å². The fourth-order valence-electron chi connectivity index (χ4n) is 4.91. The molecule has 0 aliphatic carbocycles. The van der Waals surface area contributed by atoms with Gasteiger partial charge in [0.25, 0.3) is 0 Å². The van der Waals surface area contributed by atoms with Crippen LogP contribution in [0.1, 0.15) is 39.2 Å². The summed E-state index contributed by atoms with van der Waals surface area (Å²) in [5, 5.41) is 0.342. The third kappa shape index (κ3) is 6.73. The number of carbonyl (C=O) groups is 2. The molecule has 0 aromatic heterocycles. The zero-order valence-corrected chi connectivity index (χ0v) is 22.3. The van der Waals surface area contributed by atoms with Crippen LogP contribution in [-0.4, -0.2) is 61.5 Å². The highest BCUT2D eigenvalue weighted by Gasteiger charge is 2.48. The lowest BCUT2D eigenvalue weighted by molar-refractivity contribution is -0.162. The number of aryl methyl sites for hydroxylation is 1. The van der Waals surface area contributed by atoms with Crippen LogP contribution in [0.2, 0.25) is 5.02 Å². The summed E-state index contributed by atoms with van der Waals surface area (Å²) < 4.78 is 31.2. The molecule has 37 heavy (non-hydrogen) atoms. The van der Waals surface area contributed by atoms with Crippen molar-refractivity contribution < 1.29 is 28.2 Å². The average molecular weight is 535 g/mol. The molecule has 200 valence electrons. The van der Waals surface area contributed by atoms with Crippen LogP contribution in [0.3, 0.4) is 0 Å². The molecule has 2 aliphatic rings. The van der Waals surface area contributed by atoms with Gasteiger partial charge in [-0.2, -0.15) is 0 Å². The van der Waals surface area contributed by atoms with Crippen molar-refractivity contribution in [2.75, 3.05) is 37.7 Å². The summed E-state index contributed by atoms with van der Waals surface area (Å²) in [7, 11) is 0. The monoisotopic (exact) mass is 534 g/mol. The highest BCUT2D eigenvalue weighted by atomic mass is 35.5. The van der Waals surface area contributed by atoms with Gasteiger partial charge in [0.05, 0.1) is 18.2 Å². The molecule has 4 rings (SSSR count). The lowest BCUT2D eigenvalue weighted by Crippen LogP contribution is -2.52. The lowest BCUT2D eigenvalue weighted by atomic mass is 9.92. The van der Waals surface area contributed by atoms with E-state index < -0.39 is 23.8 Å². The van der Waals surface area contributed by atoms with E-state index in [0.717, 1.165) is 17.7 Å². The molecule has 0 saturated carbocycles. The number of nitrogens with zero attached hydrogens (tertiary/aromatic N) is 2. The van der Waals surface area contributed by atoms with Gasteiger partial charge < -0.3 is 24.0 Å². The van der Waals surface area contributed by atoms with Crippen molar-refractivity contribution >= 4 is 29.2 Å². The number of piperazine rings is 1. The van der Waals surface area contributed by atoms with Crippen molar-refractivity contribution in [2.45, 2.75) is 51.9 Å². The molecule has 0 spiro atoms. The molecule has 0 bridgehead atoms. The number of amides is 1. The van der Waals surface area contributed by atoms with Gasteiger partial charge in [-0.15, -0.1) is 0 Å². The number of esters is 1. The molecule has 2 aliphatic heterocycles. The van der Waals surface area contributed by atoms with Gasteiger partial charge in [0.2, 0.25) is 11.7 Å². The van der Waals surface area contributed by atoms with Crippen LogP contribution >= 0.6 is 11.6 Å². The van der Waals surface area contributed by atoms with E-state index >= 15 is 0 Å². The number of cyclic esters (lactones) is 1. The van der Waals surface area contributed by atoms with Gasteiger partial charge in [-0.3, -0.25) is 4.79 Å². The third-order valence-corrected chi connectivity index (χ3v) is 6.96. The summed E-state index contributed by atoms with van der Waals surface area (Å²) in [6.45, 7) is 7.69. The van der Waals surface area contributed by atoms with Crippen LogP contribution in [0.4, 0.5) is 10.1 Å². The van der Waals surface area contributed by atoms with Gasteiger partial charge in [-0.25, -0.2) is 9.18 Å². The fraction of sp³-hybridized carbons (Fsp3) is 0.500. The van der Waals surface area contributed by atoms with E-state index in [2.05, 4.69) is 0 Å². The summed E-state index contributed by atoms with van der Waals surface area (Å²) in [6.07, 6.45) is 0.988. The highest BCUT2D eigenvalue weighted by molar-refractivity contribution is 6.30. The first-order valence-electron chi connectivity index (χ1n) is 12.8. The van der Waals surface area contributed by atoms with E-state index in [1.807, 2.05) is 36.1 Å². The first-order valence-corrected chi connectivity index (χ1v) is 13.2. The SMILES string of the molecule is CCOc1ccc(CCC[C@@H](C(=O)N2CCN(c3ccc(Cl)cc3F)CC2)[C@@H]2OC([13CH3])([13CH3])OC2=O)cc1. The number of rotatable bonds is 9. The van der Waals surface area contributed by atoms with Crippen LogP contribution in [0, 0.1) is 11.7 Å². The Morgan fingerprint density at radius 3 is 2.46 bits per heavy atom. The second-order valence-electron chi connectivity index (χ2n) is 9.84. The predicted molar refractivity (Wildman–Crippen MR) is 139 cm³/mol. The Morgan fingerprint density at radius 1 is 1.16 bits per heavy atom. The van der Waals surface area contributed by atoms with Crippen molar-refractivity contribution in [3.8, 4) is 5.75 Å². The Balaban J connectivity index is 1.41. The van der Waals surface area contributed by atoms with Gasteiger partial charge >= 0.3 is 5.97 Å². The largest absolute Gasteiger partial charge is 0.494 e. The summed E-state index contributed by atoms with van der Waals surface area (Å²) in [6, 6.07) is 12.5. The first kappa shape index (κ1) is 27.2. The van der Waals surface area contributed by atoms with Crippen LogP contribution in [0.25, 0.3) is 0 Å². The van der Waals surface area contributed by atoms with Crippen molar-refractivity contribution in [2.24, 2.45) is 5.92 Å². The van der Waals surface area contributed by atoms with Crippen LogP contribution < -0.4 is 9.64 Å². The average Bonchev–Trinajstić information content (AvgIpc) is 3.14. The molecule has 2 aromatic rings. The van der Waals surface area contributed by atoms with E-state index in [-0.39, 0.29) is 11.7 Å². The molecule has 2 fully saturated rings. The number of hydrogen-bond acceptors (Lipinski definition) is 6. The molecule has 2 heterocycles. The predicted octanol–water partition coefficient (Wildman–Crippen LogP) is 4.84. The van der Waals surface area contributed by atoms with E-state index in [1.165, 1.54) is 6.07 Å². The van der Waals surface area contributed by atoms with Crippen LogP contribution in [0.5, 0.6) is 5.75 Å². The zero-order valence-electron chi connectivity index (χ0n) is 21.5. The minimum absolute atomic E-state index is 0.137. The fourth-order valence-corrected chi connectivity index (χ4v) is 5.07. The molecule has 0 radical (unpaired) electrons. The maximum atomic E-state index is 14.4. The topological polar surface area (TPSA) is 68.3 Å². The number of carbonyl (C=O) groups excluding carboxylic acids is 2. The summed E-state index contributed by atoms with van der Waals surface area (Å²) in [5.41, 5.74) is 1.59. The number of ether oxygens (including phenoxy) is 3. The van der Waals surface area contributed by atoms with E-state index in [0.29, 0.717) is 56.3 Å². The van der Waals surface area contributed by atoms with Crippen LogP contribution in [0.15, 0.2) is 42.5 Å². The molecule has 2 atom stereocenters. The van der Waals surface area contributed by atoms with Gasteiger partial charge in [0, 0.05) is 45.0 Å². The van der Waals surface area contributed by atoms with Crippen LogP contribution in [-0.2, 0) is 25.5 Å². The quantitative estimate of drug-likeness (QED) is 0.339. The molecule has 2 aromatic carbocycles. The minimum Gasteiger partial charge on any atom is -0.494 e. The van der Waals surface area contributed by atoms with Gasteiger partial charge in [-0.05, 0) is 62.1 Å². The van der Waals surface area contributed by atoms with E-state index in [4.69, 9.17) is 25.8 Å². The number of anilines is 1. The Hall–Kier alpha value is -2.84. The standard InChI is InChI=1S/C28H34ClFN2O5/c1-4-35-21-11-8-19(9-12-21)6-5-7-22(25-27(34)37-28(2,3)36-25)26(33)32-16-14-31(15-17-32)24-13-10-20(29)18-23(24)30/h8-13,18,22,25H,4-7,14-17H2,1-3H3/t22-,25+/m1/s1/i2+1,3+1. The summed E-state index contributed by atoms with van der Waals surface area (Å²) in [4.78, 5) is 30.0. The first-order chi connectivity index (χ1) is 17.7. The second kappa shape index (κ2) is 11.7. The lowest BCUT2D eigenvalue weighted by Gasteiger charge is -2.38. The maximum absolute atomic E-state index is 14.4. The summed E-state index contributed by atoms with van der Waals surface area (Å²) in [5.74, 6) is -1.94. The number of hydrogen-bond donors (Lipinski definition) is 0. The second-order valence-corrected chi connectivity index (χ2v) is 10.3.